The van der Waals surface area contributed by atoms with Crippen LogP contribution in [0.1, 0.15) is 13.8 Å². The smallest absolute Gasteiger partial charge is 0.0488 e. The third kappa shape index (κ3) is 6.32. The molecule has 8 heavy (non-hydrogen) atoms. The van der Waals surface area contributed by atoms with E-state index in [0.29, 0.717) is 0 Å². The van der Waals surface area contributed by atoms with Gasteiger partial charge in [0.2, 0.25) is 0 Å². The summed E-state index contributed by atoms with van der Waals surface area (Å²) in [6, 6.07) is 0. The molecule has 0 aromatic rings. The number of alkyl halides is 2. The average molecular weight is 153 g/mol. The van der Waals surface area contributed by atoms with Crippen molar-refractivity contribution < 1.29 is 0 Å². The summed E-state index contributed by atoms with van der Waals surface area (Å²) in [4.78, 5) is 0. The zero-order valence-electron chi connectivity index (χ0n) is 5.07. The summed E-state index contributed by atoms with van der Waals surface area (Å²) in [6.07, 6.45) is 3.75. The highest BCUT2D eigenvalue weighted by Crippen LogP contribution is 2.00. The fourth-order valence-corrected chi connectivity index (χ4v) is 0.474. The number of rotatable bonds is 2. The molecule has 0 heterocycles. The summed E-state index contributed by atoms with van der Waals surface area (Å²) in [7, 11) is 0. The van der Waals surface area contributed by atoms with Crippen LogP contribution in [-0.2, 0) is 0 Å². The molecule has 0 aliphatic rings. The van der Waals surface area contributed by atoms with Gasteiger partial charge in [0, 0.05) is 10.8 Å². The molecule has 0 aromatic carbocycles. The quantitative estimate of drug-likeness (QED) is 0.422. The van der Waals surface area contributed by atoms with E-state index in [1.165, 1.54) is 0 Å². The lowest BCUT2D eigenvalue weighted by Gasteiger charge is -1.92. The van der Waals surface area contributed by atoms with E-state index in [4.69, 9.17) is 23.2 Å². The zero-order valence-corrected chi connectivity index (χ0v) is 6.58. The minimum Gasteiger partial charge on any atom is -0.119 e. The lowest BCUT2D eigenvalue weighted by Crippen LogP contribution is -1.86. The normalized spacial score (nSPS) is 19.0. The number of hydrogen-bond acceptors (Lipinski definition) is 0. The first-order chi connectivity index (χ1) is 3.63. The molecule has 0 amide bonds. The van der Waals surface area contributed by atoms with Gasteiger partial charge < -0.3 is 0 Å². The minimum absolute atomic E-state index is 0.0937. The first-order valence-electron chi connectivity index (χ1n) is 2.59. The van der Waals surface area contributed by atoms with E-state index < -0.39 is 0 Å². The molecule has 0 radical (unpaired) electrons. The van der Waals surface area contributed by atoms with Gasteiger partial charge in [0.15, 0.2) is 0 Å². The summed E-state index contributed by atoms with van der Waals surface area (Å²) in [5.74, 6) is 0. The van der Waals surface area contributed by atoms with Crippen LogP contribution < -0.4 is 0 Å². The first-order valence-corrected chi connectivity index (χ1v) is 3.46. The maximum Gasteiger partial charge on any atom is 0.0488 e. The lowest BCUT2D eigenvalue weighted by molar-refractivity contribution is 1.16. The van der Waals surface area contributed by atoms with Crippen molar-refractivity contribution in [1.29, 1.82) is 0 Å². The molecule has 2 atom stereocenters. The fourth-order valence-electron chi connectivity index (χ4n) is 0.306. The van der Waals surface area contributed by atoms with Gasteiger partial charge in [0.1, 0.15) is 0 Å². The Morgan fingerprint density at radius 2 is 1.25 bits per heavy atom. The van der Waals surface area contributed by atoms with Crippen LogP contribution in [0.25, 0.3) is 0 Å². The summed E-state index contributed by atoms with van der Waals surface area (Å²) in [6.45, 7) is 3.80. The SMILES string of the molecule is CC(Cl)C=CC(C)Cl. The fraction of sp³-hybridized carbons (Fsp3) is 0.667. The molecule has 0 saturated heterocycles. The molecule has 0 aromatic heterocycles. The van der Waals surface area contributed by atoms with Gasteiger partial charge in [0.25, 0.3) is 0 Å². The second-order valence-electron chi connectivity index (χ2n) is 1.74. The molecule has 0 rings (SSSR count). The predicted octanol–water partition coefficient (Wildman–Crippen LogP) is 2.80. The molecule has 0 saturated carbocycles. The Balaban J connectivity index is 3.34. The highest BCUT2D eigenvalue weighted by atomic mass is 35.5. The highest BCUT2D eigenvalue weighted by Gasteiger charge is 1.88. The summed E-state index contributed by atoms with van der Waals surface area (Å²) in [5.41, 5.74) is 0. The van der Waals surface area contributed by atoms with E-state index in [-0.39, 0.29) is 10.8 Å². The van der Waals surface area contributed by atoms with Gasteiger partial charge in [0.05, 0.1) is 0 Å². The molecular formula is C6H10Cl2. The Hall–Kier alpha value is 0.320. The van der Waals surface area contributed by atoms with Gasteiger partial charge in [-0.3, -0.25) is 0 Å². The molecule has 0 spiro atoms. The maximum absolute atomic E-state index is 5.58. The average Bonchev–Trinajstić information content (AvgIpc) is 1.61. The predicted molar refractivity (Wildman–Crippen MR) is 39.8 cm³/mol. The molecule has 0 bridgehead atoms. The van der Waals surface area contributed by atoms with Crippen molar-refractivity contribution in [2.45, 2.75) is 24.6 Å². The van der Waals surface area contributed by atoms with E-state index in [1.54, 1.807) is 0 Å². The Bertz CT molecular complexity index is 64.6. The van der Waals surface area contributed by atoms with Crippen molar-refractivity contribution in [3.63, 3.8) is 0 Å². The summed E-state index contributed by atoms with van der Waals surface area (Å²) in [5, 5.41) is 0.187. The molecule has 0 N–H and O–H groups in total. The maximum atomic E-state index is 5.58. The van der Waals surface area contributed by atoms with Crippen molar-refractivity contribution in [3.05, 3.63) is 12.2 Å². The van der Waals surface area contributed by atoms with Crippen LogP contribution in [0.15, 0.2) is 12.2 Å². The van der Waals surface area contributed by atoms with Crippen molar-refractivity contribution in [1.82, 2.24) is 0 Å². The van der Waals surface area contributed by atoms with Gasteiger partial charge in [-0.2, -0.15) is 0 Å². The topological polar surface area (TPSA) is 0 Å². The molecule has 2 heteroatoms. The molecular weight excluding hydrogens is 143 g/mol. The van der Waals surface area contributed by atoms with E-state index in [0.717, 1.165) is 0 Å². The number of hydrogen-bond donors (Lipinski definition) is 0. The van der Waals surface area contributed by atoms with Gasteiger partial charge in [-0.05, 0) is 13.8 Å². The number of allylic oxidation sites excluding steroid dienone is 2. The van der Waals surface area contributed by atoms with Gasteiger partial charge in [-0.25, -0.2) is 0 Å². The van der Waals surface area contributed by atoms with Crippen molar-refractivity contribution >= 4 is 23.2 Å². The van der Waals surface area contributed by atoms with Gasteiger partial charge in [-0.15, -0.1) is 23.2 Å². The van der Waals surface area contributed by atoms with Crippen molar-refractivity contribution in [2.24, 2.45) is 0 Å². The molecule has 0 aliphatic carbocycles. The van der Waals surface area contributed by atoms with Crippen molar-refractivity contribution in [2.75, 3.05) is 0 Å². The molecule has 0 nitrogen and oxygen atoms in total. The largest absolute Gasteiger partial charge is 0.119 e. The summed E-state index contributed by atoms with van der Waals surface area (Å²) >= 11 is 11.2. The highest BCUT2D eigenvalue weighted by molar-refractivity contribution is 6.22. The van der Waals surface area contributed by atoms with E-state index >= 15 is 0 Å². The summed E-state index contributed by atoms with van der Waals surface area (Å²) < 4.78 is 0. The van der Waals surface area contributed by atoms with Crippen LogP contribution in [0.5, 0.6) is 0 Å². The van der Waals surface area contributed by atoms with Crippen LogP contribution in [0.3, 0.4) is 0 Å². The molecule has 0 fully saturated rings. The Kier molecular flexibility index (Phi) is 4.39. The third-order valence-corrected chi connectivity index (χ3v) is 0.932. The number of halogens is 2. The van der Waals surface area contributed by atoms with Crippen LogP contribution in [0, 0.1) is 0 Å². The second kappa shape index (κ2) is 4.22. The minimum atomic E-state index is 0.0937. The Labute approximate surface area is 60.5 Å². The van der Waals surface area contributed by atoms with Crippen LogP contribution in [0.4, 0.5) is 0 Å². The molecule has 48 valence electrons. The van der Waals surface area contributed by atoms with E-state index in [2.05, 4.69) is 0 Å². The third-order valence-electron chi connectivity index (χ3n) is 0.641. The van der Waals surface area contributed by atoms with Gasteiger partial charge >= 0.3 is 0 Å². The van der Waals surface area contributed by atoms with E-state index in [9.17, 15) is 0 Å². The molecule has 2 unspecified atom stereocenters. The second-order valence-corrected chi connectivity index (χ2v) is 3.12. The first kappa shape index (κ1) is 8.32. The van der Waals surface area contributed by atoms with Crippen molar-refractivity contribution in [3.8, 4) is 0 Å². The van der Waals surface area contributed by atoms with Crippen LogP contribution in [-0.4, -0.2) is 10.8 Å². The van der Waals surface area contributed by atoms with Gasteiger partial charge in [-0.1, -0.05) is 12.2 Å². The lowest BCUT2D eigenvalue weighted by atomic mass is 10.3. The van der Waals surface area contributed by atoms with Crippen LogP contribution in [0.2, 0.25) is 0 Å². The Morgan fingerprint density at radius 3 is 1.38 bits per heavy atom. The Morgan fingerprint density at radius 1 is 1.00 bits per heavy atom. The molecule has 0 aliphatic heterocycles. The van der Waals surface area contributed by atoms with Crippen LogP contribution >= 0.6 is 23.2 Å². The van der Waals surface area contributed by atoms with E-state index in [1.807, 2.05) is 26.0 Å². The standard InChI is InChI=1S/C6H10Cl2/c1-5(7)3-4-6(2)8/h3-6H,1-2H3. The zero-order chi connectivity index (χ0) is 6.57. The monoisotopic (exact) mass is 152 g/mol.